The van der Waals surface area contributed by atoms with Gasteiger partial charge in [-0.05, 0) is 87.8 Å². The standard InChI is InChI=1S/C44H46O8/c1-26(2)34-18-13-27-11-14-29(15-12-27)35-19-16-30(28-9-7-6-8-10-28)23-33(35)25-37(45)49-40-38-36(52-44(3,4)41(40)51-43(34)47)20-17-31-24-32(21-22-48-5)42(46)50-39(31)38/h6-12,14-17,19-20,24,30,33,35,40-41H,13,18,21-23,25H2,1-5H3/t30-,33+,35+,40-,41+/m1/s1. The molecule has 1 aliphatic carbocycles. The van der Waals surface area contributed by atoms with Crippen LogP contribution in [0.15, 0.2) is 105 Å². The van der Waals surface area contributed by atoms with E-state index in [2.05, 4.69) is 48.6 Å². The van der Waals surface area contributed by atoms with Gasteiger partial charge in [0.05, 0.1) is 12.2 Å². The third-order valence-corrected chi connectivity index (χ3v) is 10.8. The quantitative estimate of drug-likeness (QED) is 0.0904. The van der Waals surface area contributed by atoms with Gasteiger partial charge in [-0.2, -0.15) is 0 Å². The molecule has 4 heterocycles. The summed E-state index contributed by atoms with van der Waals surface area (Å²) in [5.41, 5.74) is 4.28. The van der Waals surface area contributed by atoms with Crippen LogP contribution in [-0.2, 0) is 36.6 Å². The Morgan fingerprint density at radius 3 is 2.38 bits per heavy atom. The van der Waals surface area contributed by atoms with Gasteiger partial charge in [-0.25, -0.2) is 9.59 Å². The Labute approximate surface area is 304 Å². The number of ether oxygens (including phenoxy) is 4. The van der Waals surface area contributed by atoms with Crippen molar-refractivity contribution in [1.82, 2.24) is 0 Å². The van der Waals surface area contributed by atoms with E-state index in [-0.39, 0.29) is 29.8 Å². The van der Waals surface area contributed by atoms with Crippen molar-refractivity contribution in [2.45, 2.75) is 89.4 Å². The average molecular weight is 703 g/mol. The number of hydrogen-bond acceptors (Lipinski definition) is 8. The van der Waals surface area contributed by atoms with Crippen molar-refractivity contribution in [3.63, 3.8) is 0 Å². The van der Waals surface area contributed by atoms with E-state index < -0.39 is 35.4 Å². The molecule has 1 aromatic heterocycles. The summed E-state index contributed by atoms with van der Waals surface area (Å²) in [5.74, 6) is -0.463. The maximum atomic E-state index is 14.4. The Kier molecular flexibility index (Phi) is 9.94. The molecular formula is C44H46O8. The largest absolute Gasteiger partial charge is 0.483 e. The predicted octanol–water partition coefficient (Wildman–Crippen LogP) is 8.47. The molecule has 0 fully saturated rings. The molecule has 5 atom stereocenters. The summed E-state index contributed by atoms with van der Waals surface area (Å²) >= 11 is 0. The minimum Gasteiger partial charge on any atom is -0.483 e. The molecular weight excluding hydrogens is 656 g/mol. The molecule has 0 unspecified atom stereocenters. The van der Waals surface area contributed by atoms with Gasteiger partial charge in [-0.1, -0.05) is 72.3 Å². The Hall–Kier alpha value is -4.95. The molecule has 52 heavy (non-hydrogen) atoms. The van der Waals surface area contributed by atoms with E-state index in [0.29, 0.717) is 53.7 Å². The zero-order valence-corrected chi connectivity index (χ0v) is 30.5. The Morgan fingerprint density at radius 1 is 0.885 bits per heavy atom. The van der Waals surface area contributed by atoms with Crippen molar-refractivity contribution in [3.05, 3.63) is 134 Å². The molecule has 2 bridgehead atoms. The average Bonchev–Trinajstić information content (AvgIpc) is 3.12. The second kappa shape index (κ2) is 14.6. The van der Waals surface area contributed by atoms with E-state index in [0.717, 1.165) is 23.1 Å². The van der Waals surface area contributed by atoms with Crippen molar-refractivity contribution in [1.29, 1.82) is 0 Å². The van der Waals surface area contributed by atoms with Gasteiger partial charge in [-0.15, -0.1) is 0 Å². The van der Waals surface area contributed by atoms with Crippen molar-refractivity contribution in [2.24, 2.45) is 5.92 Å². The smallest absolute Gasteiger partial charge is 0.339 e. The first-order chi connectivity index (χ1) is 25.0. The van der Waals surface area contributed by atoms with Crippen molar-refractivity contribution < 1.29 is 33.0 Å². The van der Waals surface area contributed by atoms with Crippen LogP contribution < -0.4 is 10.4 Å². The van der Waals surface area contributed by atoms with Crippen LogP contribution in [0.3, 0.4) is 0 Å². The molecule has 3 aromatic carbocycles. The lowest BCUT2D eigenvalue weighted by Crippen LogP contribution is -2.52. The lowest BCUT2D eigenvalue weighted by molar-refractivity contribution is -0.188. The minimum atomic E-state index is -1.11. The number of aryl methyl sites for hydroxylation is 1. The highest BCUT2D eigenvalue weighted by atomic mass is 16.6. The molecule has 8 rings (SSSR count). The minimum absolute atomic E-state index is 0.000717. The molecule has 0 amide bonds. The summed E-state index contributed by atoms with van der Waals surface area (Å²) in [6.07, 6.45) is 4.72. The van der Waals surface area contributed by atoms with Gasteiger partial charge >= 0.3 is 17.6 Å². The maximum absolute atomic E-state index is 14.4. The van der Waals surface area contributed by atoms with E-state index in [1.54, 1.807) is 19.2 Å². The van der Waals surface area contributed by atoms with Gasteiger partial charge in [0.2, 0.25) is 0 Å². The van der Waals surface area contributed by atoms with Crippen LogP contribution in [0, 0.1) is 5.92 Å². The van der Waals surface area contributed by atoms with E-state index in [4.69, 9.17) is 23.4 Å². The number of carbonyl (C=O) groups excluding carboxylic acids is 2. The highest BCUT2D eigenvalue weighted by Crippen LogP contribution is 2.48. The van der Waals surface area contributed by atoms with Crippen LogP contribution in [0.1, 0.15) is 92.7 Å². The van der Waals surface area contributed by atoms with Crippen molar-refractivity contribution in [2.75, 3.05) is 13.7 Å². The molecule has 0 saturated heterocycles. The number of fused-ring (bicyclic) bond motifs is 11. The fourth-order valence-corrected chi connectivity index (χ4v) is 7.98. The van der Waals surface area contributed by atoms with Crippen LogP contribution in [-0.4, -0.2) is 37.4 Å². The summed E-state index contributed by atoms with van der Waals surface area (Å²) in [6, 6.07) is 24.2. The van der Waals surface area contributed by atoms with Gasteiger partial charge in [0.15, 0.2) is 12.2 Å². The van der Waals surface area contributed by atoms with Crippen LogP contribution in [0.4, 0.5) is 0 Å². The normalized spacial score (nSPS) is 24.2. The number of esters is 2. The summed E-state index contributed by atoms with van der Waals surface area (Å²) in [5, 5.41) is 0.636. The molecule has 0 N–H and O–H groups in total. The van der Waals surface area contributed by atoms with Crippen molar-refractivity contribution >= 4 is 22.9 Å². The second-order valence-electron chi connectivity index (χ2n) is 15.0. The monoisotopic (exact) mass is 702 g/mol. The summed E-state index contributed by atoms with van der Waals surface area (Å²) in [6.45, 7) is 7.79. The highest BCUT2D eigenvalue weighted by Gasteiger charge is 2.50. The molecule has 8 nitrogen and oxygen atoms in total. The number of allylic oxidation sites excluding steroid dienone is 3. The second-order valence-corrected chi connectivity index (χ2v) is 15.0. The SMILES string of the molecule is COCCc1cc2ccc3c(c2oc1=O)[C@H]1OC(=O)C[C@@H]2C[C@H](c4ccccc4)C=C[C@H]2c2ccc(cc2)CCC(=C(C)C)C(=O)O[C@@H]1C(C)(C)O3. The highest BCUT2D eigenvalue weighted by molar-refractivity contribution is 5.90. The zero-order valence-electron chi connectivity index (χ0n) is 30.5. The van der Waals surface area contributed by atoms with E-state index in [9.17, 15) is 14.4 Å². The summed E-state index contributed by atoms with van der Waals surface area (Å²) in [7, 11) is 1.58. The van der Waals surface area contributed by atoms with Crippen LogP contribution in [0.5, 0.6) is 5.75 Å². The summed E-state index contributed by atoms with van der Waals surface area (Å²) < 4.78 is 30.6. The predicted molar refractivity (Wildman–Crippen MR) is 198 cm³/mol. The fourth-order valence-electron chi connectivity index (χ4n) is 7.98. The van der Waals surface area contributed by atoms with E-state index >= 15 is 0 Å². The zero-order chi connectivity index (χ0) is 36.6. The Balaban J connectivity index is 1.34. The Morgan fingerprint density at radius 2 is 1.65 bits per heavy atom. The molecule has 4 aromatic rings. The topological polar surface area (TPSA) is 101 Å². The molecule has 0 radical (unpaired) electrons. The number of carbonyl (C=O) groups is 2. The van der Waals surface area contributed by atoms with Crippen LogP contribution in [0.2, 0.25) is 0 Å². The van der Waals surface area contributed by atoms with Crippen molar-refractivity contribution in [3.8, 4) is 5.75 Å². The fraction of sp³-hybridized carbons (Fsp3) is 0.386. The maximum Gasteiger partial charge on any atom is 0.339 e. The van der Waals surface area contributed by atoms with Crippen LogP contribution in [0.25, 0.3) is 11.0 Å². The number of methoxy groups -OCH3 is 1. The van der Waals surface area contributed by atoms with E-state index in [1.165, 1.54) is 5.56 Å². The molecule has 4 aliphatic rings. The lowest BCUT2D eigenvalue weighted by atomic mass is 9.72. The van der Waals surface area contributed by atoms with Crippen LogP contribution >= 0.6 is 0 Å². The lowest BCUT2D eigenvalue weighted by Gasteiger charge is -2.43. The first kappa shape index (κ1) is 35.5. The Bertz CT molecular complexity index is 2080. The van der Waals surface area contributed by atoms with Gasteiger partial charge < -0.3 is 23.4 Å². The number of hydrogen-bond donors (Lipinski definition) is 0. The molecule has 3 aliphatic heterocycles. The van der Waals surface area contributed by atoms with E-state index in [1.807, 2.05) is 52.0 Å². The first-order valence-electron chi connectivity index (χ1n) is 18.2. The van der Waals surface area contributed by atoms with Gasteiger partial charge in [-0.3, -0.25) is 4.79 Å². The third kappa shape index (κ3) is 7.09. The third-order valence-electron chi connectivity index (χ3n) is 10.8. The van der Waals surface area contributed by atoms with Gasteiger partial charge in [0, 0.05) is 48.3 Å². The number of benzene rings is 3. The molecule has 0 spiro atoms. The molecule has 0 saturated carbocycles. The van der Waals surface area contributed by atoms with Gasteiger partial charge in [0.25, 0.3) is 0 Å². The first-order valence-corrected chi connectivity index (χ1v) is 18.2. The van der Waals surface area contributed by atoms with Gasteiger partial charge in [0.1, 0.15) is 16.9 Å². The molecule has 270 valence electrons. The molecule has 8 heteroatoms. The number of rotatable bonds is 4. The summed E-state index contributed by atoms with van der Waals surface area (Å²) in [4.78, 5) is 41.8.